The fourth-order valence-electron chi connectivity index (χ4n) is 2.91. The number of hydrogen-bond donors (Lipinski definition) is 2. The molecule has 1 heterocycles. The van der Waals surface area contributed by atoms with Gasteiger partial charge in [0.2, 0.25) is 0 Å². The summed E-state index contributed by atoms with van der Waals surface area (Å²) in [4.78, 5) is 0. The van der Waals surface area contributed by atoms with Crippen molar-refractivity contribution >= 4 is 0 Å². The summed E-state index contributed by atoms with van der Waals surface area (Å²) in [6.45, 7) is 7.21. The third-order valence-corrected chi connectivity index (χ3v) is 3.90. The molecule has 0 aromatic heterocycles. The smallest absolute Gasteiger partial charge is 0.0928 e. The maximum Gasteiger partial charge on any atom is 0.0928 e. The summed E-state index contributed by atoms with van der Waals surface area (Å²) in [5.41, 5.74) is 0.443. The molecule has 2 N–H and O–H groups in total. The largest absolute Gasteiger partial charge is 0.382 e. The van der Waals surface area contributed by atoms with Gasteiger partial charge in [0.25, 0.3) is 0 Å². The number of methoxy groups -OCH3 is 2. The van der Waals surface area contributed by atoms with E-state index in [1.54, 1.807) is 14.2 Å². The molecule has 0 radical (unpaired) electrons. The molecule has 0 amide bonds. The number of nitrogens with one attached hydrogen (secondary N) is 2. The average molecular weight is 258 g/mol. The fourth-order valence-corrected chi connectivity index (χ4v) is 2.91. The van der Waals surface area contributed by atoms with Crippen molar-refractivity contribution in [1.82, 2.24) is 10.6 Å². The lowest BCUT2D eigenvalue weighted by atomic mass is 9.77. The zero-order valence-corrected chi connectivity index (χ0v) is 12.3. The molecule has 0 saturated carbocycles. The molecule has 0 bridgehead atoms. The molecule has 2 atom stereocenters. The van der Waals surface area contributed by atoms with Crippen LogP contribution in [0.5, 0.6) is 0 Å². The Morgan fingerprint density at radius 3 is 2.78 bits per heavy atom. The number of hydrogen-bond acceptors (Lipinski definition) is 4. The topological polar surface area (TPSA) is 42.5 Å². The molecule has 1 aliphatic heterocycles. The molecular weight excluding hydrogens is 228 g/mol. The van der Waals surface area contributed by atoms with Gasteiger partial charge >= 0.3 is 0 Å². The van der Waals surface area contributed by atoms with Crippen molar-refractivity contribution in [3.8, 4) is 0 Å². The Kier molecular flexibility index (Phi) is 7.82. The predicted octanol–water partition coefficient (Wildman–Crippen LogP) is 1.41. The van der Waals surface area contributed by atoms with Gasteiger partial charge in [-0.2, -0.15) is 0 Å². The van der Waals surface area contributed by atoms with E-state index in [1.807, 2.05) is 0 Å². The minimum Gasteiger partial charge on any atom is -0.382 e. The molecular formula is C14H30N2O2. The Hall–Kier alpha value is -0.160. The molecule has 0 spiro atoms. The summed E-state index contributed by atoms with van der Waals surface area (Å²) in [7, 11) is 3.46. The van der Waals surface area contributed by atoms with Crippen LogP contribution in [0.2, 0.25) is 0 Å². The van der Waals surface area contributed by atoms with Crippen molar-refractivity contribution in [2.45, 2.75) is 38.7 Å². The lowest BCUT2D eigenvalue weighted by Crippen LogP contribution is -2.47. The Labute approximate surface area is 112 Å². The molecule has 0 aromatic rings. The van der Waals surface area contributed by atoms with Crippen LogP contribution in [0.1, 0.15) is 32.6 Å². The van der Waals surface area contributed by atoms with E-state index in [9.17, 15) is 0 Å². The first-order valence-corrected chi connectivity index (χ1v) is 7.19. The van der Waals surface area contributed by atoms with E-state index >= 15 is 0 Å². The highest BCUT2D eigenvalue weighted by atomic mass is 16.5. The fraction of sp³-hybridized carbons (Fsp3) is 1.00. The van der Waals surface area contributed by atoms with Gasteiger partial charge in [-0.15, -0.1) is 0 Å². The first kappa shape index (κ1) is 15.9. The van der Waals surface area contributed by atoms with Crippen molar-refractivity contribution in [2.75, 3.05) is 47.0 Å². The molecule has 4 nitrogen and oxygen atoms in total. The van der Waals surface area contributed by atoms with Gasteiger partial charge in [0.15, 0.2) is 0 Å². The van der Waals surface area contributed by atoms with Crippen LogP contribution in [0.3, 0.4) is 0 Å². The van der Waals surface area contributed by atoms with E-state index in [2.05, 4.69) is 17.6 Å². The Balaban J connectivity index is 2.32. The lowest BCUT2D eigenvalue weighted by molar-refractivity contribution is 0.0264. The van der Waals surface area contributed by atoms with Crippen LogP contribution in [0.25, 0.3) is 0 Å². The summed E-state index contributed by atoms with van der Waals surface area (Å²) in [6, 6.07) is 0. The highest BCUT2D eigenvalue weighted by molar-refractivity contribution is 4.87. The molecule has 2 unspecified atom stereocenters. The van der Waals surface area contributed by atoms with Gasteiger partial charge in [0.1, 0.15) is 0 Å². The predicted molar refractivity (Wildman–Crippen MR) is 75.0 cm³/mol. The molecule has 18 heavy (non-hydrogen) atoms. The van der Waals surface area contributed by atoms with E-state index < -0.39 is 0 Å². The molecule has 108 valence electrons. The van der Waals surface area contributed by atoms with E-state index in [0.29, 0.717) is 12.0 Å². The van der Waals surface area contributed by atoms with Gasteiger partial charge < -0.3 is 20.1 Å². The molecule has 1 saturated heterocycles. The minimum atomic E-state index is 0.158. The third-order valence-electron chi connectivity index (χ3n) is 3.90. The monoisotopic (exact) mass is 258 g/mol. The lowest BCUT2D eigenvalue weighted by Gasteiger charge is -2.38. The Morgan fingerprint density at radius 1 is 1.39 bits per heavy atom. The second kappa shape index (κ2) is 8.86. The normalized spacial score (nSPS) is 26.2. The van der Waals surface area contributed by atoms with Gasteiger partial charge in [-0.25, -0.2) is 0 Å². The summed E-state index contributed by atoms with van der Waals surface area (Å²) in [6.07, 6.45) is 5.35. The Bertz CT molecular complexity index is 200. The highest BCUT2D eigenvalue weighted by Crippen LogP contribution is 2.30. The van der Waals surface area contributed by atoms with E-state index in [4.69, 9.17) is 9.47 Å². The molecule has 0 aromatic carbocycles. The average Bonchev–Trinajstić information content (AvgIpc) is 2.39. The van der Waals surface area contributed by atoms with E-state index in [1.165, 1.54) is 32.2 Å². The van der Waals surface area contributed by atoms with Crippen LogP contribution in [0.15, 0.2) is 0 Å². The summed E-state index contributed by atoms with van der Waals surface area (Å²) < 4.78 is 10.5. The van der Waals surface area contributed by atoms with Crippen molar-refractivity contribution in [3.05, 3.63) is 0 Å². The van der Waals surface area contributed by atoms with Crippen molar-refractivity contribution in [3.63, 3.8) is 0 Å². The number of piperidine rings is 1. The molecule has 4 heteroatoms. The highest BCUT2D eigenvalue weighted by Gasteiger charge is 2.30. The van der Waals surface area contributed by atoms with Crippen LogP contribution >= 0.6 is 0 Å². The molecule has 1 aliphatic rings. The number of rotatable bonds is 9. The quantitative estimate of drug-likeness (QED) is 0.656. The second-order valence-electron chi connectivity index (χ2n) is 5.47. The van der Waals surface area contributed by atoms with Crippen LogP contribution in [-0.2, 0) is 9.47 Å². The van der Waals surface area contributed by atoms with Gasteiger partial charge in [-0.1, -0.05) is 13.3 Å². The zero-order valence-electron chi connectivity index (χ0n) is 12.3. The maximum atomic E-state index is 5.37. The van der Waals surface area contributed by atoms with Gasteiger partial charge in [0, 0.05) is 33.9 Å². The first-order valence-electron chi connectivity index (χ1n) is 7.19. The standard InChI is InChI=1S/C14H30N2O2/c1-4-6-14(7-5-8-15-11-14)12-16-9-13(18-3)10-17-2/h13,15-16H,4-12H2,1-3H3. The third kappa shape index (κ3) is 5.22. The van der Waals surface area contributed by atoms with Crippen molar-refractivity contribution in [2.24, 2.45) is 5.41 Å². The molecule has 0 aliphatic carbocycles. The van der Waals surface area contributed by atoms with Gasteiger partial charge in [-0.3, -0.25) is 0 Å². The van der Waals surface area contributed by atoms with E-state index in [-0.39, 0.29) is 6.10 Å². The van der Waals surface area contributed by atoms with Crippen LogP contribution in [0, 0.1) is 5.41 Å². The Morgan fingerprint density at radius 2 is 2.22 bits per heavy atom. The number of ether oxygens (including phenoxy) is 2. The molecule has 1 rings (SSSR count). The second-order valence-corrected chi connectivity index (χ2v) is 5.47. The van der Waals surface area contributed by atoms with Gasteiger partial charge in [-0.05, 0) is 31.2 Å². The summed E-state index contributed by atoms with van der Waals surface area (Å²) in [5.74, 6) is 0. The van der Waals surface area contributed by atoms with Crippen molar-refractivity contribution in [1.29, 1.82) is 0 Å². The SMILES string of the molecule is CCCC1(CNCC(COC)OC)CCCNC1. The van der Waals surface area contributed by atoms with E-state index in [0.717, 1.165) is 19.6 Å². The summed E-state index contributed by atoms with van der Waals surface area (Å²) >= 11 is 0. The van der Waals surface area contributed by atoms with Crippen LogP contribution in [0.4, 0.5) is 0 Å². The first-order chi connectivity index (χ1) is 8.76. The minimum absolute atomic E-state index is 0.158. The summed E-state index contributed by atoms with van der Waals surface area (Å²) in [5, 5.41) is 7.11. The zero-order chi connectivity index (χ0) is 13.3. The van der Waals surface area contributed by atoms with Crippen LogP contribution in [-0.4, -0.2) is 53.1 Å². The maximum absolute atomic E-state index is 5.37. The van der Waals surface area contributed by atoms with Gasteiger partial charge in [0.05, 0.1) is 12.7 Å². The molecule has 1 fully saturated rings. The van der Waals surface area contributed by atoms with Crippen LogP contribution < -0.4 is 10.6 Å². The van der Waals surface area contributed by atoms with Crippen molar-refractivity contribution < 1.29 is 9.47 Å².